The lowest BCUT2D eigenvalue weighted by atomic mass is 9.72. The van der Waals surface area contributed by atoms with Gasteiger partial charge in [0.05, 0.1) is 22.5 Å². The number of carbonyl (C=O) groups excluding carboxylic acids is 4. The van der Waals surface area contributed by atoms with Gasteiger partial charge in [0.25, 0.3) is 11.8 Å². The van der Waals surface area contributed by atoms with Gasteiger partial charge >= 0.3 is 11.9 Å². The van der Waals surface area contributed by atoms with Gasteiger partial charge in [-0.2, -0.15) is 0 Å². The molecule has 4 heterocycles. The minimum Gasteiger partial charge on any atom is -0.456 e. The van der Waals surface area contributed by atoms with E-state index in [1.807, 2.05) is 172 Å². The lowest BCUT2D eigenvalue weighted by Gasteiger charge is -2.38. The average Bonchev–Trinajstić information content (AvgIpc) is 1.63. The van der Waals surface area contributed by atoms with Gasteiger partial charge in [-0.05, 0) is 177 Å². The van der Waals surface area contributed by atoms with Gasteiger partial charge in [0.15, 0.2) is 11.2 Å². The van der Waals surface area contributed by atoms with Crippen LogP contribution in [-0.4, -0.2) is 49.9 Å². The quantitative estimate of drug-likeness (QED) is 0.0512. The Morgan fingerprint density at radius 2 is 0.716 bits per heavy atom. The Bertz CT molecular complexity index is 4490. The van der Waals surface area contributed by atoms with Crippen LogP contribution in [0.4, 0.5) is 34.1 Å². The van der Waals surface area contributed by atoms with Crippen molar-refractivity contribution in [2.45, 2.75) is 143 Å². The van der Waals surface area contributed by atoms with E-state index in [9.17, 15) is 9.59 Å². The lowest BCUT2D eigenvalue weighted by molar-refractivity contribution is 0.0214. The third kappa shape index (κ3) is 12.1. The number of ether oxygens (including phenoxy) is 4. The van der Waals surface area contributed by atoms with E-state index in [-0.39, 0.29) is 11.8 Å². The van der Waals surface area contributed by atoms with Gasteiger partial charge in [-0.25, -0.2) is 9.59 Å². The van der Waals surface area contributed by atoms with Gasteiger partial charge in [0.2, 0.25) is 0 Å². The van der Waals surface area contributed by atoms with E-state index < -0.39 is 28.6 Å². The SMILES string of the molecule is CCCCN(CCCC)c1ccc2c(c1)Oc1cc(C)c(N(C(=O)c3ccccc3)c3ccc(C(C)(CCCC)c4ccc(N(C(=O)c5ccccc5)c5cc6c(cc5C)Oc5cc(N(CCCC)CCCC)ccc5C65OC(=O)c6ccccc65)cc4)cc3)cc1C21OC(=O)c2ccccc21. The van der Waals surface area contributed by atoms with Crippen LogP contribution in [0, 0.1) is 13.8 Å². The third-order valence-electron chi connectivity index (χ3n) is 21.4. The van der Waals surface area contributed by atoms with Crippen molar-refractivity contribution in [3.8, 4) is 23.0 Å². The molecule has 0 N–H and O–H groups in total. The van der Waals surface area contributed by atoms with Crippen molar-refractivity contribution in [3.63, 3.8) is 0 Å². The molecule has 10 aromatic rings. The largest absolute Gasteiger partial charge is 0.456 e. The number of esters is 2. The Labute approximate surface area is 600 Å². The third-order valence-corrected chi connectivity index (χ3v) is 21.4. The maximum Gasteiger partial charge on any atom is 0.340 e. The maximum absolute atomic E-state index is 15.6. The highest BCUT2D eigenvalue weighted by atomic mass is 16.6. The number of anilines is 6. The van der Waals surface area contributed by atoms with Gasteiger partial charge < -0.3 is 28.7 Å². The molecular weight excluding hydrogens is 1270 g/mol. The van der Waals surface area contributed by atoms with Gasteiger partial charge in [0, 0.05) is 111 Å². The molecule has 2 atom stereocenters. The molecule has 0 aromatic heterocycles. The van der Waals surface area contributed by atoms with Crippen LogP contribution in [0.2, 0.25) is 0 Å². The summed E-state index contributed by atoms with van der Waals surface area (Å²) in [7, 11) is 0. The fraction of sp³-hybridized carbons (Fsp3) is 0.289. The summed E-state index contributed by atoms with van der Waals surface area (Å²) in [5.41, 5.74) is 11.0. The Kier molecular flexibility index (Phi) is 19.3. The van der Waals surface area contributed by atoms with Crippen LogP contribution >= 0.6 is 0 Å². The van der Waals surface area contributed by atoms with E-state index in [4.69, 9.17) is 18.9 Å². The van der Waals surface area contributed by atoms with Crippen molar-refractivity contribution < 1.29 is 38.1 Å². The van der Waals surface area contributed by atoms with Crippen LogP contribution in [0.5, 0.6) is 23.0 Å². The molecule has 102 heavy (non-hydrogen) atoms. The summed E-state index contributed by atoms with van der Waals surface area (Å²) >= 11 is 0. The highest BCUT2D eigenvalue weighted by Gasteiger charge is 2.56. The van der Waals surface area contributed by atoms with Crippen LogP contribution in [0.25, 0.3) is 0 Å². The summed E-state index contributed by atoms with van der Waals surface area (Å²) in [6.07, 6.45) is 11.2. The molecule has 14 rings (SSSR count). The van der Waals surface area contributed by atoms with Crippen molar-refractivity contribution >= 4 is 57.9 Å². The number of hydrogen-bond donors (Lipinski definition) is 0. The summed E-state index contributed by atoms with van der Waals surface area (Å²) in [4.78, 5) is 68.1. The predicted octanol–water partition coefficient (Wildman–Crippen LogP) is 21.7. The molecule has 2 unspecified atom stereocenters. The van der Waals surface area contributed by atoms with Gasteiger partial charge in [-0.1, -0.05) is 177 Å². The molecule has 12 nitrogen and oxygen atoms in total. The summed E-state index contributed by atoms with van der Waals surface area (Å²) in [6, 6.07) is 71.0. The second-order valence-corrected chi connectivity index (χ2v) is 28.0. The molecule has 0 radical (unpaired) electrons. The van der Waals surface area contributed by atoms with E-state index in [2.05, 4.69) is 112 Å². The van der Waals surface area contributed by atoms with Crippen molar-refractivity contribution in [1.29, 1.82) is 0 Å². The Morgan fingerprint density at radius 1 is 0.373 bits per heavy atom. The molecular formula is C90H90N4O8. The zero-order valence-corrected chi connectivity index (χ0v) is 59.9. The number of benzene rings is 10. The van der Waals surface area contributed by atoms with Crippen LogP contribution in [0.3, 0.4) is 0 Å². The molecule has 0 fully saturated rings. The number of hydrogen-bond acceptors (Lipinski definition) is 10. The zero-order chi connectivity index (χ0) is 70.9. The first kappa shape index (κ1) is 68.4. The number of nitrogens with zero attached hydrogens (tertiary/aromatic N) is 4. The van der Waals surface area contributed by atoms with E-state index in [1.54, 1.807) is 9.80 Å². The van der Waals surface area contributed by atoms with Crippen LogP contribution in [0.1, 0.15) is 209 Å². The molecule has 10 aromatic carbocycles. The second kappa shape index (κ2) is 28.7. The lowest BCUT2D eigenvalue weighted by Crippen LogP contribution is -2.34. The monoisotopic (exact) mass is 1350 g/mol. The first-order valence-electron chi connectivity index (χ1n) is 36.8. The van der Waals surface area contributed by atoms with Crippen molar-refractivity contribution in [1.82, 2.24) is 0 Å². The normalized spacial score (nSPS) is 16.2. The van der Waals surface area contributed by atoms with Crippen LogP contribution in [0.15, 0.2) is 218 Å². The minimum absolute atomic E-state index is 0.235. The standard InChI is InChI=1S/C90H90N4O8/c1-9-14-49-88(8,64-37-41-66(42-38-64)93(84(95)62-29-21-19-22-30-62)78-58-76-80(54-60(78)6)99-82-56-68(91(50-15-10-2)51-16-11-3)45-47-74(82)89(76)72-35-27-25-33-70(72)86(97)101-89)65-39-43-67(44-40-65)94(85(96)63-31-23-20-24-32-63)79-59-77-81(55-61(79)7)100-83-57-69(92(52-17-12-4)53-18-13-5)46-48-75(83)90(77)73-36-28-26-34-71(73)87(98)102-90/h19-48,54-59H,9-18,49-53H2,1-8H3. The first-order valence-corrected chi connectivity index (χ1v) is 36.8. The summed E-state index contributed by atoms with van der Waals surface area (Å²) in [6.45, 7) is 21.0. The number of fused-ring (bicyclic) bond motifs is 12. The topological polar surface area (TPSA) is 118 Å². The van der Waals surface area contributed by atoms with Crippen molar-refractivity contribution in [2.75, 3.05) is 45.8 Å². The fourth-order valence-electron chi connectivity index (χ4n) is 15.7. The maximum atomic E-state index is 15.6. The number of rotatable bonds is 25. The molecule has 4 aliphatic heterocycles. The molecule has 0 aliphatic carbocycles. The highest BCUT2D eigenvalue weighted by Crippen LogP contribution is 2.60. The van der Waals surface area contributed by atoms with E-state index in [0.29, 0.717) is 101 Å². The number of carbonyl (C=O) groups is 4. The second-order valence-electron chi connectivity index (χ2n) is 28.0. The number of amides is 2. The molecule has 4 aliphatic rings. The van der Waals surface area contributed by atoms with Gasteiger partial charge in [-0.3, -0.25) is 19.4 Å². The Morgan fingerprint density at radius 3 is 1.09 bits per heavy atom. The summed E-state index contributed by atoms with van der Waals surface area (Å²) in [5.74, 6) is 0.994. The van der Waals surface area contributed by atoms with E-state index in [1.165, 1.54) is 0 Å². The van der Waals surface area contributed by atoms with Crippen molar-refractivity contribution in [3.05, 3.63) is 296 Å². The molecule has 2 amide bonds. The highest BCUT2D eigenvalue weighted by molar-refractivity contribution is 6.13. The smallest absolute Gasteiger partial charge is 0.340 e. The average molecular weight is 1360 g/mol. The first-order chi connectivity index (χ1) is 49.7. The fourth-order valence-corrected chi connectivity index (χ4v) is 15.7. The number of unbranched alkanes of at least 4 members (excludes halogenated alkanes) is 5. The summed E-state index contributed by atoms with van der Waals surface area (Å²) in [5, 5.41) is 0. The molecule has 0 bridgehead atoms. The Hall–Kier alpha value is -10.7. The molecule has 12 heteroatoms. The molecule has 0 saturated carbocycles. The van der Waals surface area contributed by atoms with E-state index in [0.717, 1.165) is 130 Å². The van der Waals surface area contributed by atoms with Crippen LogP contribution < -0.4 is 29.1 Å². The van der Waals surface area contributed by atoms with Gasteiger partial charge in [0.1, 0.15) is 23.0 Å². The van der Waals surface area contributed by atoms with Crippen LogP contribution in [-0.2, 0) is 26.1 Å². The predicted molar refractivity (Wildman–Crippen MR) is 408 cm³/mol. The minimum atomic E-state index is -1.39. The van der Waals surface area contributed by atoms with E-state index >= 15 is 9.59 Å². The summed E-state index contributed by atoms with van der Waals surface area (Å²) < 4.78 is 27.6. The number of aryl methyl sites for hydroxylation is 2. The molecule has 2 spiro atoms. The Balaban J connectivity index is 0.847. The zero-order valence-electron chi connectivity index (χ0n) is 59.9. The van der Waals surface area contributed by atoms with Gasteiger partial charge in [-0.15, -0.1) is 0 Å². The molecule has 518 valence electrons. The molecule has 0 saturated heterocycles. The van der Waals surface area contributed by atoms with Crippen molar-refractivity contribution in [2.24, 2.45) is 0 Å².